The minimum absolute atomic E-state index is 0.157. The Kier molecular flexibility index (Phi) is 6.30. The van der Waals surface area contributed by atoms with Gasteiger partial charge in [-0.15, -0.1) is 0 Å². The molecule has 3 amide bonds. The van der Waals surface area contributed by atoms with Gasteiger partial charge in [0.1, 0.15) is 6.54 Å². The van der Waals surface area contributed by atoms with Crippen LogP contribution in [0.3, 0.4) is 0 Å². The minimum atomic E-state index is -0.397. The number of amides is 3. The Bertz CT molecular complexity index is 1560. The average Bonchev–Trinajstić information content (AvgIpc) is 3.41. The zero-order chi connectivity index (χ0) is 25.4. The molecule has 2 aliphatic heterocycles. The summed E-state index contributed by atoms with van der Waals surface area (Å²) in [5.74, 6) is -0.554. The number of rotatable bonds is 5. The van der Waals surface area contributed by atoms with Gasteiger partial charge in [-0.2, -0.15) is 0 Å². The fourth-order valence-electron chi connectivity index (χ4n) is 5.29. The van der Waals surface area contributed by atoms with Crippen LogP contribution < -0.4 is 0 Å². The highest BCUT2D eigenvalue weighted by atomic mass is 32.2. The van der Waals surface area contributed by atoms with E-state index in [1.54, 1.807) is 11.0 Å². The van der Waals surface area contributed by atoms with Crippen molar-refractivity contribution in [3.8, 4) is 0 Å². The van der Waals surface area contributed by atoms with E-state index in [1.807, 2.05) is 30.5 Å². The van der Waals surface area contributed by atoms with Crippen LogP contribution in [0.15, 0.2) is 77.8 Å². The summed E-state index contributed by atoms with van der Waals surface area (Å²) in [4.78, 5) is 41.7. The number of aromatic nitrogens is 1. The third-order valence-corrected chi connectivity index (χ3v) is 8.11. The first-order chi connectivity index (χ1) is 18.1. The second-order valence-corrected chi connectivity index (χ2v) is 10.6. The highest BCUT2D eigenvalue weighted by Crippen LogP contribution is 2.34. The number of nitrogens with zero attached hydrogens (tertiary/aromatic N) is 3. The lowest BCUT2D eigenvalue weighted by molar-refractivity contribution is -0.136. The zero-order valence-electron chi connectivity index (χ0n) is 20.4. The van der Waals surface area contributed by atoms with E-state index in [0.717, 1.165) is 52.4 Å². The summed E-state index contributed by atoms with van der Waals surface area (Å²) in [6.45, 7) is 1.88. The maximum Gasteiger partial charge on any atom is 0.294 e. The van der Waals surface area contributed by atoms with E-state index in [4.69, 9.17) is 0 Å². The molecule has 0 aliphatic carbocycles. The number of benzene rings is 3. The molecule has 0 N–H and O–H groups in total. The lowest BCUT2D eigenvalue weighted by Gasteiger charge is -2.27. The molecule has 0 atom stereocenters. The van der Waals surface area contributed by atoms with Crippen molar-refractivity contribution in [3.63, 3.8) is 0 Å². The Hall–Kier alpha value is -3.84. The third-order valence-electron chi connectivity index (χ3n) is 7.20. The Morgan fingerprint density at radius 1 is 0.865 bits per heavy atom. The van der Waals surface area contributed by atoms with E-state index in [2.05, 4.69) is 47.0 Å². The Morgan fingerprint density at radius 3 is 2.43 bits per heavy atom. The summed E-state index contributed by atoms with van der Waals surface area (Å²) >= 11 is 0.907. The molecular formula is C30H27N3O3S. The van der Waals surface area contributed by atoms with Gasteiger partial charge < -0.3 is 9.47 Å². The standard InChI is InChI=1S/C30H27N3O3S/c34-28(31-15-6-1-7-16-31)20-33-29(35)27(37-30(33)36)17-23-19-32(26-14-5-4-13-25(23)26)18-22-11-8-10-21-9-2-3-12-24(21)22/h2-5,8-14,17,19H,1,6-7,15-16,18,20H2/b27-17-. The summed E-state index contributed by atoms with van der Waals surface area (Å²) in [5, 5.41) is 3.04. The van der Waals surface area contributed by atoms with Crippen LogP contribution in [0.5, 0.6) is 0 Å². The van der Waals surface area contributed by atoms with Crippen molar-refractivity contribution in [2.45, 2.75) is 25.8 Å². The van der Waals surface area contributed by atoms with Gasteiger partial charge in [-0.25, -0.2) is 0 Å². The zero-order valence-corrected chi connectivity index (χ0v) is 21.2. The van der Waals surface area contributed by atoms with Gasteiger partial charge in [0.25, 0.3) is 11.1 Å². The van der Waals surface area contributed by atoms with Crippen LogP contribution in [0.25, 0.3) is 27.8 Å². The molecule has 0 spiro atoms. The number of para-hydroxylation sites is 1. The normalized spacial score (nSPS) is 17.5. The number of thioether (sulfide) groups is 1. The van der Waals surface area contributed by atoms with E-state index >= 15 is 0 Å². The molecule has 4 aromatic rings. The van der Waals surface area contributed by atoms with E-state index in [9.17, 15) is 14.4 Å². The molecule has 1 aromatic heterocycles. The average molecular weight is 510 g/mol. The van der Waals surface area contributed by atoms with Crippen LogP contribution >= 0.6 is 11.8 Å². The first-order valence-electron chi connectivity index (χ1n) is 12.7. The first kappa shape index (κ1) is 23.6. The van der Waals surface area contributed by atoms with Crippen LogP contribution in [-0.4, -0.2) is 51.1 Å². The lowest BCUT2D eigenvalue weighted by Crippen LogP contribution is -2.44. The number of carbonyl (C=O) groups excluding carboxylic acids is 3. The molecular weight excluding hydrogens is 482 g/mol. The van der Waals surface area contributed by atoms with Gasteiger partial charge in [0.2, 0.25) is 5.91 Å². The summed E-state index contributed by atoms with van der Waals surface area (Å²) < 4.78 is 2.19. The number of hydrogen-bond donors (Lipinski definition) is 0. The van der Waals surface area contributed by atoms with Gasteiger partial charge in [0, 0.05) is 42.3 Å². The maximum atomic E-state index is 13.2. The van der Waals surface area contributed by atoms with Crippen LogP contribution in [0.1, 0.15) is 30.4 Å². The molecule has 0 saturated carbocycles. The Morgan fingerprint density at radius 2 is 1.59 bits per heavy atom. The molecule has 6 nitrogen and oxygen atoms in total. The van der Waals surface area contributed by atoms with Crippen molar-refractivity contribution in [3.05, 3.63) is 89.0 Å². The van der Waals surface area contributed by atoms with Crippen molar-refractivity contribution < 1.29 is 14.4 Å². The van der Waals surface area contributed by atoms with Gasteiger partial charge >= 0.3 is 0 Å². The van der Waals surface area contributed by atoms with Crippen molar-refractivity contribution in [1.82, 2.24) is 14.4 Å². The summed E-state index contributed by atoms with van der Waals surface area (Å²) in [7, 11) is 0. The Labute approximate surface area is 219 Å². The SMILES string of the molecule is O=C(CN1C(=O)S/C(=C\c2cn(Cc3cccc4ccccc34)c3ccccc23)C1=O)N1CCCCC1. The van der Waals surface area contributed by atoms with Crippen molar-refractivity contribution in [2.24, 2.45) is 0 Å². The first-order valence-corrected chi connectivity index (χ1v) is 13.5. The van der Waals surface area contributed by atoms with Crippen molar-refractivity contribution in [1.29, 1.82) is 0 Å². The van der Waals surface area contributed by atoms with E-state index in [0.29, 0.717) is 24.5 Å². The predicted molar refractivity (Wildman–Crippen MR) is 148 cm³/mol. The van der Waals surface area contributed by atoms with E-state index in [1.165, 1.54) is 16.3 Å². The number of likely N-dealkylation sites (tertiary alicyclic amines) is 1. The van der Waals surface area contributed by atoms with Gasteiger partial charge in [-0.3, -0.25) is 19.3 Å². The highest BCUT2D eigenvalue weighted by Gasteiger charge is 2.37. The molecule has 0 radical (unpaired) electrons. The van der Waals surface area contributed by atoms with Gasteiger partial charge in [0.15, 0.2) is 0 Å². The number of hydrogen-bond acceptors (Lipinski definition) is 4. The summed E-state index contributed by atoms with van der Waals surface area (Å²) in [6, 6.07) is 22.8. The smallest absolute Gasteiger partial charge is 0.294 e. The molecule has 0 bridgehead atoms. The molecule has 7 heteroatoms. The van der Waals surface area contributed by atoms with Gasteiger partial charge in [0.05, 0.1) is 4.91 Å². The third kappa shape index (κ3) is 4.55. The van der Waals surface area contributed by atoms with Crippen molar-refractivity contribution >= 4 is 56.6 Å². The Balaban J connectivity index is 1.29. The van der Waals surface area contributed by atoms with E-state index < -0.39 is 5.91 Å². The molecule has 37 heavy (non-hydrogen) atoms. The highest BCUT2D eigenvalue weighted by molar-refractivity contribution is 8.18. The van der Waals surface area contributed by atoms with Crippen molar-refractivity contribution in [2.75, 3.05) is 19.6 Å². The molecule has 186 valence electrons. The second-order valence-electron chi connectivity index (χ2n) is 9.58. The fourth-order valence-corrected chi connectivity index (χ4v) is 6.12. The minimum Gasteiger partial charge on any atom is -0.342 e. The van der Waals surface area contributed by atoms with E-state index in [-0.39, 0.29) is 17.7 Å². The fraction of sp³-hybridized carbons (Fsp3) is 0.233. The molecule has 6 rings (SSSR count). The van der Waals surface area contributed by atoms with Gasteiger partial charge in [-0.05, 0) is 59.5 Å². The number of piperidine rings is 1. The van der Waals surface area contributed by atoms with Crippen LogP contribution in [0, 0.1) is 0 Å². The monoisotopic (exact) mass is 509 g/mol. The molecule has 2 aliphatic rings. The predicted octanol–water partition coefficient (Wildman–Crippen LogP) is 5.89. The second kappa shape index (κ2) is 9.90. The van der Waals surface area contributed by atoms with Crippen LogP contribution in [-0.2, 0) is 16.1 Å². The number of imide groups is 1. The quantitative estimate of drug-likeness (QED) is 0.315. The van der Waals surface area contributed by atoms with Crippen LogP contribution in [0.2, 0.25) is 0 Å². The molecule has 2 saturated heterocycles. The van der Waals surface area contributed by atoms with Gasteiger partial charge in [-0.1, -0.05) is 60.7 Å². The number of carbonyl (C=O) groups is 3. The summed E-state index contributed by atoms with van der Waals surface area (Å²) in [5.41, 5.74) is 3.15. The van der Waals surface area contributed by atoms with Crippen LogP contribution in [0.4, 0.5) is 4.79 Å². The maximum absolute atomic E-state index is 13.2. The molecule has 0 unspecified atom stereocenters. The lowest BCUT2D eigenvalue weighted by atomic mass is 10.0. The largest absolute Gasteiger partial charge is 0.342 e. The summed E-state index contributed by atoms with van der Waals surface area (Å²) in [6.07, 6.45) is 6.88. The molecule has 2 fully saturated rings. The molecule has 3 heterocycles. The number of fused-ring (bicyclic) bond motifs is 2. The topological polar surface area (TPSA) is 62.6 Å². The molecule has 3 aromatic carbocycles.